The number of rotatable bonds is 4. The number of benzene rings is 1. The Hall–Kier alpha value is -0.970. The molecule has 6 heteroatoms. The lowest BCUT2D eigenvalue weighted by Gasteiger charge is -2.28. The molecule has 1 rings (SSSR count). The van der Waals surface area contributed by atoms with Crippen molar-refractivity contribution in [2.45, 2.75) is 26.4 Å². The highest BCUT2D eigenvalue weighted by molar-refractivity contribution is 6.39. The monoisotopic (exact) mass is 304 g/mol. The van der Waals surface area contributed by atoms with Gasteiger partial charge < -0.3 is 15.7 Å². The molecule has 4 nitrogen and oxygen atoms in total. The number of nitrogens with zero attached hydrogens (tertiary/aromatic N) is 1. The maximum absolute atomic E-state index is 12.3. The Morgan fingerprint density at radius 2 is 1.84 bits per heavy atom. The minimum atomic E-state index is -0.965. The van der Waals surface area contributed by atoms with Gasteiger partial charge in [0.15, 0.2) is 0 Å². The summed E-state index contributed by atoms with van der Waals surface area (Å²) in [6.45, 7) is 5.83. The Morgan fingerprint density at radius 1 is 1.37 bits per heavy atom. The maximum atomic E-state index is 12.3. The van der Waals surface area contributed by atoms with Crippen LogP contribution in [0.4, 0.5) is 5.69 Å². The van der Waals surface area contributed by atoms with Crippen LogP contribution in [0.25, 0.3) is 0 Å². The van der Waals surface area contributed by atoms with E-state index < -0.39 is 5.60 Å². The summed E-state index contributed by atoms with van der Waals surface area (Å²) in [5.74, 6) is -0.242. The lowest BCUT2D eigenvalue weighted by molar-refractivity contribution is 0.0314. The van der Waals surface area contributed by atoms with Crippen LogP contribution in [-0.4, -0.2) is 34.6 Å². The topological polar surface area (TPSA) is 66.6 Å². The minimum absolute atomic E-state index is 0.224. The first-order chi connectivity index (χ1) is 8.65. The molecule has 0 atom stereocenters. The minimum Gasteiger partial charge on any atom is -0.396 e. The van der Waals surface area contributed by atoms with Gasteiger partial charge in [0.05, 0.1) is 21.3 Å². The molecule has 0 bridgehead atoms. The van der Waals surface area contributed by atoms with E-state index in [0.717, 1.165) is 0 Å². The molecule has 0 spiro atoms. The molecule has 0 aliphatic heterocycles. The SMILES string of the molecule is CCN(CC(C)(C)O)C(=O)c1cc(Cl)c(N)c(Cl)c1. The molecule has 1 amide bonds. The molecule has 0 heterocycles. The lowest BCUT2D eigenvalue weighted by Crippen LogP contribution is -2.42. The summed E-state index contributed by atoms with van der Waals surface area (Å²) in [5.41, 5.74) is 5.28. The predicted molar refractivity (Wildman–Crippen MR) is 78.7 cm³/mol. The molecule has 106 valence electrons. The van der Waals surface area contributed by atoms with Crippen molar-refractivity contribution < 1.29 is 9.90 Å². The Bertz CT molecular complexity index is 461. The van der Waals surface area contributed by atoms with E-state index in [9.17, 15) is 9.90 Å². The number of halogens is 2. The molecule has 0 fully saturated rings. The van der Waals surface area contributed by atoms with Gasteiger partial charge in [-0.2, -0.15) is 0 Å². The fraction of sp³-hybridized carbons (Fsp3) is 0.462. The number of anilines is 1. The summed E-state index contributed by atoms with van der Waals surface area (Å²) in [6, 6.07) is 2.97. The van der Waals surface area contributed by atoms with E-state index >= 15 is 0 Å². The molecule has 0 aliphatic rings. The van der Waals surface area contributed by atoms with Crippen LogP contribution in [0.2, 0.25) is 10.0 Å². The molecule has 3 N–H and O–H groups in total. The van der Waals surface area contributed by atoms with Gasteiger partial charge in [-0.25, -0.2) is 0 Å². The Labute approximate surface area is 123 Å². The zero-order valence-electron chi connectivity index (χ0n) is 11.2. The highest BCUT2D eigenvalue weighted by Gasteiger charge is 2.23. The molecule has 0 radical (unpaired) electrons. The number of aliphatic hydroxyl groups is 1. The van der Waals surface area contributed by atoms with E-state index in [-0.39, 0.29) is 28.2 Å². The van der Waals surface area contributed by atoms with Crippen molar-refractivity contribution in [3.8, 4) is 0 Å². The zero-order chi connectivity index (χ0) is 14.8. The van der Waals surface area contributed by atoms with Crippen molar-refractivity contribution >= 4 is 34.8 Å². The van der Waals surface area contributed by atoms with Gasteiger partial charge in [0, 0.05) is 18.7 Å². The average Bonchev–Trinajstić information content (AvgIpc) is 2.30. The number of carbonyl (C=O) groups is 1. The van der Waals surface area contributed by atoms with Gasteiger partial charge in [0.25, 0.3) is 5.91 Å². The van der Waals surface area contributed by atoms with Gasteiger partial charge in [-0.05, 0) is 32.9 Å². The lowest BCUT2D eigenvalue weighted by atomic mass is 10.1. The third kappa shape index (κ3) is 4.27. The van der Waals surface area contributed by atoms with Crippen LogP contribution < -0.4 is 5.73 Å². The largest absolute Gasteiger partial charge is 0.396 e. The third-order valence-corrected chi connectivity index (χ3v) is 3.20. The van der Waals surface area contributed by atoms with Gasteiger partial charge in [0.1, 0.15) is 0 Å². The summed E-state index contributed by atoms with van der Waals surface area (Å²) < 4.78 is 0. The second-order valence-electron chi connectivity index (χ2n) is 4.99. The molecule has 0 saturated heterocycles. The zero-order valence-corrected chi connectivity index (χ0v) is 12.7. The van der Waals surface area contributed by atoms with E-state index in [1.165, 1.54) is 17.0 Å². The molecule has 19 heavy (non-hydrogen) atoms. The number of hydrogen-bond acceptors (Lipinski definition) is 3. The Kier molecular flexibility index (Phi) is 5.07. The summed E-state index contributed by atoms with van der Waals surface area (Å²) in [7, 11) is 0. The smallest absolute Gasteiger partial charge is 0.254 e. The van der Waals surface area contributed by atoms with Crippen molar-refractivity contribution in [1.29, 1.82) is 0 Å². The highest BCUT2D eigenvalue weighted by Crippen LogP contribution is 2.29. The number of carbonyl (C=O) groups excluding carboxylic acids is 1. The fourth-order valence-electron chi connectivity index (χ4n) is 1.68. The van der Waals surface area contributed by atoms with E-state index in [1.807, 2.05) is 6.92 Å². The molecule has 0 aliphatic carbocycles. The normalized spacial score (nSPS) is 11.5. The van der Waals surface area contributed by atoms with Crippen molar-refractivity contribution in [3.05, 3.63) is 27.7 Å². The van der Waals surface area contributed by atoms with E-state index in [0.29, 0.717) is 12.1 Å². The number of likely N-dealkylation sites (N-methyl/N-ethyl adjacent to an activating group) is 1. The number of nitrogen functional groups attached to an aromatic ring is 1. The maximum Gasteiger partial charge on any atom is 0.254 e. The fourth-order valence-corrected chi connectivity index (χ4v) is 2.17. The summed E-state index contributed by atoms with van der Waals surface area (Å²) in [5, 5.41) is 10.3. The van der Waals surface area contributed by atoms with E-state index in [1.54, 1.807) is 13.8 Å². The van der Waals surface area contributed by atoms with Crippen LogP contribution in [0.1, 0.15) is 31.1 Å². The van der Waals surface area contributed by atoms with Crippen LogP contribution in [-0.2, 0) is 0 Å². The number of amides is 1. The standard InChI is InChI=1S/C13H18Cl2N2O2/c1-4-17(7-13(2,3)19)12(18)8-5-9(14)11(16)10(15)6-8/h5-6,19H,4,7,16H2,1-3H3. The summed E-state index contributed by atoms with van der Waals surface area (Å²) >= 11 is 11.8. The number of nitrogens with two attached hydrogens (primary N) is 1. The molecule has 1 aromatic rings. The van der Waals surface area contributed by atoms with Gasteiger partial charge in [0.2, 0.25) is 0 Å². The highest BCUT2D eigenvalue weighted by atomic mass is 35.5. The second kappa shape index (κ2) is 5.99. The van der Waals surface area contributed by atoms with Gasteiger partial charge in [-0.3, -0.25) is 4.79 Å². The first-order valence-electron chi connectivity index (χ1n) is 5.92. The van der Waals surface area contributed by atoms with Crippen LogP contribution in [0.5, 0.6) is 0 Å². The van der Waals surface area contributed by atoms with E-state index in [4.69, 9.17) is 28.9 Å². The first-order valence-corrected chi connectivity index (χ1v) is 6.67. The van der Waals surface area contributed by atoms with Crippen LogP contribution >= 0.6 is 23.2 Å². The van der Waals surface area contributed by atoms with Crippen molar-refractivity contribution in [2.75, 3.05) is 18.8 Å². The van der Waals surface area contributed by atoms with E-state index in [2.05, 4.69) is 0 Å². The van der Waals surface area contributed by atoms with Crippen molar-refractivity contribution in [1.82, 2.24) is 4.90 Å². The molecule has 1 aromatic carbocycles. The molecule has 0 aromatic heterocycles. The second-order valence-corrected chi connectivity index (χ2v) is 5.80. The van der Waals surface area contributed by atoms with Crippen molar-refractivity contribution in [3.63, 3.8) is 0 Å². The predicted octanol–water partition coefficient (Wildman–Crippen LogP) is 2.81. The first kappa shape index (κ1) is 16.1. The average molecular weight is 305 g/mol. The Balaban J connectivity index is 3.05. The van der Waals surface area contributed by atoms with Gasteiger partial charge in [-0.1, -0.05) is 23.2 Å². The summed E-state index contributed by atoms with van der Waals surface area (Å²) in [4.78, 5) is 13.9. The molecular formula is C13H18Cl2N2O2. The number of hydrogen-bond donors (Lipinski definition) is 2. The molecule has 0 unspecified atom stereocenters. The van der Waals surface area contributed by atoms with Crippen LogP contribution in [0, 0.1) is 0 Å². The molecular weight excluding hydrogens is 287 g/mol. The Morgan fingerprint density at radius 3 is 2.21 bits per heavy atom. The summed E-state index contributed by atoms with van der Waals surface area (Å²) in [6.07, 6.45) is 0. The van der Waals surface area contributed by atoms with Gasteiger partial charge >= 0.3 is 0 Å². The van der Waals surface area contributed by atoms with Crippen LogP contribution in [0.15, 0.2) is 12.1 Å². The molecule has 0 saturated carbocycles. The van der Waals surface area contributed by atoms with Crippen molar-refractivity contribution in [2.24, 2.45) is 0 Å². The third-order valence-electron chi connectivity index (χ3n) is 2.57. The quantitative estimate of drug-likeness (QED) is 0.841. The van der Waals surface area contributed by atoms with Crippen LogP contribution in [0.3, 0.4) is 0 Å². The van der Waals surface area contributed by atoms with Gasteiger partial charge in [-0.15, -0.1) is 0 Å².